The highest BCUT2D eigenvalue weighted by Gasteiger charge is 2.07. The zero-order valence-electron chi connectivity index (χ0n) is 15.0. The van der Waals surface area contributed by atoms with E-state index in [1.54, 1.807) is 24.3 Å². The van der Waals surface area contributed by atoms with E-state index in [0.29, 0.717) is 17.8 Å². The zero-order valence-corrected chi connectivity index (χ0v) is 15.0. The number of rotatable bonds is 6. The molecule has 2 amide bonds. The van der Waals surface area contributed by atoms with Crippen LogP contribution in [-0.4, -0.2) is 39.0 Å². The van der Waals surface area contributed by atoms with Crippen molar-refractivity contribution in [2.45, 2.75) is 6.42 Å². The van der Waals surface area contributed by atoms with Crippen LogP contribution < -0.4 is 10.6 Å². The third kappa shape index (κ3) is 6.69. The van der Waals surface area contributed by atoms with Crippen LogP contribution in [0.25, 0.3) is 0 Å². The second-order valence-electron chi connectivity index (χ2n) is 5.46. The van der Waals surface area contributed by atoms with Gasteiger partial charge in [-0.3, -0.25) is 10.6 Å². The molecule has 0 spiro atoms. The van der Waals surface area contributed by atoms with Gasteiger partial charge < -0.3 is 14.2 Å². The van der Waals surface area contributed by atoms with Gasteiger partial charge in [-0.05, 0) is 41.8 Å². The summed E-state index contributed by atoms with van der Waals surface area (Å²) < 4.78 is 13.6. The van der Waals surface area contributed by atoms with Crippen molar-refractivity contribution in [3.05, 3.63) is 59.7 Å². The molecule has 0 aromatic heterocycles. The van der Waals surface area contributed by atoms with E-state index in [1.165, 1.54) is 14.2 Å². The lowest BCUT2D eigenvalue weighted by Crippen LogP contribution is -2.19. The van der Waals surface area contributed by atoms with Crippen LogP contribution in [0.3, 0.4) is 0 Å². The minimum absolute atomic E-state index is 0.443. The highest BCUT2D eigenvalue weighted by Crippen LogP contribution is 2.16. The van der Waals surface area contributed by atoms with Crippen molar-refractivity contribution >= 4 is 29.5 Å². The van der Waals surface area contributed by atoms with Crippen molar-refractivity contribution in [1.82, 2.24) is 0 Å². The van der Waals surface area contributed by atoms with Crippen molar-refractivity contribution in [2.24, 2.45) is 0 Å². The molecule has 8 nitrogen and oxygen atoms in total. The molecule has 0 fully saturated rings. The number of methoxy groups -OCH3 is 2. The van der Waals surface area contributed by atoms with Gasteiger partial charge >= 0.3 is 18.2 Å². The summed E-state index contributed by atoms with van der Waals surface area (Å²) in [5.41, 5.74) is 3.29. The van der Waals surface area contributed by atoms with Crippen LogP contribution in [0.5, 0.6) is 0 Å². The maximum Gasteiger partial charge on any atom is 0.412 e. The fourth-order valence-electron chi connectivity index (χ4n) is 2.15. The number of nitrogens with one attached hydrogen (secondary N) is 2. The maximum absolute atomic E-state index is 11.6. The first-order chi connectivity index (χ1) is 13.0. The minimum atomic E-state index is -0.734. The summed E-state index contributed by atoms with van der Waals surface area (Å²) in [4.78, 5) is 33.6. The Morgan fingerprint density at radius 3 is 1.67 bits per heavy atom. The van der Waals surface area contributed by atoms with Gasteiger partial charge in [-0.25, -0.2) is 14.4 Å². The summed E-state index contributed by atoms with van der Waals surface area (Å²) >= 11 is 0. The average molecular weight is 372 g/mol. The number of esters is 1. The molecule has 0 heterocycles. The summed E-state index contributed by atoms with van der Waals surface area (Å²) in [5, 5.41) is 5.11. The van der Waals surface area contributed by atoms with Crippen LogP contribution >= 0.6 is 0 Å². The summed E-state index contributed by atoms with van der Waals surface area (Å²) in [7, 11) is 2.52. The molecule has 2 rings (SSSR count). The first kappa shape index (κ1) is 19.8. The molecule has 27 heavy (non-hydrogen) atoms. The maximum atomic E-state index is 11.6. The molecule has 0 aliphatic heterocycles. The predicted octanol–water partition coefficient (Wildman–Crippen LogP) is 3.18. The van der Waals surface area contributed by atoms with Crippen LogP contribution in [-0.2, 0) is 25.4 Å². The van der Waals surface area contributed by atoms with E-state index in [2.05, 4.69) is 20.1 Å². The largest absolute Gasteiger partial charge is 0.466 e. The standard InChI is InChI=1S/C19H20N2O6/c1-25-17(22)12-27-19(24)21-16-9-5-14(6-10-16)11-13-3-7-15(8-4-13)20-18(23)26-2/h3-10H,11-12H2,1-2H3,(H,20,23)(H,21,24). The molecule has 0 unspecified atom stereocenters. The van der Waals surface area contributed by atoms with E-state index in [1.807, 2.05) is 24.3 Å². The van der Waals surface area contributed by atoms with E-state index in [-0.39, 0.29) is 0 Å². The third-order valence-corrected chi connectivity index (χ3v) is 3.54. The van der Waals surface area contributed by atoms with Gasteiger partial charge in [0.1, 0.15) is 0 Å². The van der Waals surface area contributed by atoms with Gasteiger partial charge in [0.2, 0.25) is 0 Å². The van der Waals surface area contributed by atoms with Gasteiger partial charge in [0.05, 0.1) is 14.2 Å². The number of anilines is 2. The van der Waals surface area contributed by atoms with Crippen LogP contribution in [0.4, 0.5) is 21.0 Å². The summed E-state index contributed by atoms with van der Waals surface area (Å²) in [6, 6.07) is 14.6. The normalized spacial score (nSPS) is 9.85. The van der Waals surface area contributed by atoms with Crippen molar-refractivity contribution in [1.29, 1.82) is 0 Å². The molecular weight excluding hydrogens is 352 g/mol. The lowest BCUT2D eigenvalue weighted by molar-refractivity contribution is -0.143. The van der Waals surface area contributed by atoms with E-state index < -0.39 is 24.8 Å². The summed E-state index contributed by atoms with van der Waals surface area (Å²) in [5.74, 6) is -0.631. The Hall–Kier alpha value is -3.55. The van der Waals surface area contributed by atoms with E-state index in [9.17, 15) is 14.4 Å². The monoisotopic (exact) mass is 372 g/mol. The molecular formula is C19H20N2O6. The quantitative estimate of drug-likeness (QED) is 0.596. The van der Waals surface area contributed by atoms with Crippen LogP contribution in [0.15, 0.2) is 48.5 Å². The molecule has 2 aromatic carbocycles. The number of amides is 2. The fraction of sp³-hybridized carbons (Fsp3) is 0.211. The smallest absolute Gasteiger partial charge is 0.412 e. The lowest BCUT2D eigenvalue weighted by Gasteiger charge is -2.08. The summed E-state index contributed by atoms with van der Waals surface area (Å²) in [6.45, 7) is -0.443. The Kier molecular flexibility index (Phi) is 7.18. The molecule has 8 heteroatoms. The Morgan fingerprint density at radius 2 is 1.22 bits per heavy atom. The molecule has 0 radical (unpaired) electrons. The van der Waals surface area contributed by atoms with Crippen LogP contribution in [0.1, 0.15) is 11.1 Å². The van der Waals surface area contributed by atoms with Gasteiger partial charge in [0, 0.05) is 11.4 Å². The number of ether oxygens (including phenoxy) is 3. The van der Waals surface area contributed by atoms with Crippen molar-refractivity contribution in [3.8, 4) is 0 Å². The second kappa shape index (κ2) is 9.81. The SMILES string of the molecule is COC(=O)COC(=O)Nc1ccc(Cc2ccc(NC(=O)OC)cc2)cc1. The molecule has 0 aliphatic carbocycles. The van der Waals surface area contributed by atoms with Gasteiger partial charge in [0.25, 0.3) is 0 Å². The van der Waals surface area contributed by atoms with E-state index in [0.717, 1.165) is 11.1 Å². The fourth-order valence-corrected chi connectivity index (χ4v) is 2.15. The summed E-state index contributed by atoms with van der Waals surface area (Å²) in [6.07, 6.45) is -0.566. The number of carbonyl (C=O) groups excluding carboxylic acids is 3. The second-order valence-corrected chi connectivity index (χ2v) is 5.46. The van der Waals surface area contributed by atoms with Crippen molar-refractivity contribution < 1.29 is 28.6 Å². The molecule has 2 aromatic rings. The zero-order chi connectivity index (χ0) is 19.6. The van der Waals surface area contributed by atoms with Crippen molar-refractivity contribution in [3.63, 3.8) is 0 Å². The van der Waals surface area contributed by atoms with Crippen LogP contribution in [0.2, 0.25) is 0 Å². The first-order valence-corrected chi connectivity index (χ1v) is 8.03. The molecule has 0 aliphatic rings. The molecule has 142 valence electrons. The number of carbonyl (C=O) groups is 3. The highest BCUT2D eigenvalue weighted by atomic mass is 16.6. The van der Waals surface area contributed by atoms with Gasteiger partial charge in [-0.2, -0.15) is 0 Å². The van der Waals surface area contributed by atoms with Gasteiger partial charge in [-0.1, -0.05) is 24.3 Å². The Labute approximate surface area is 156 Å². The van der Waals surface area contributed by atoms with E-state index in [4.69, 9.17) is 4.74 Å². The molecule has 0 bridgehead atoms. The predicted molar refractivity (Wildman–Crippen MR) is 98.7 cm³/mol. The molecule has 0 saturated heterocycles. The van der Waals surface area contributed by atoms with Crippen LogP contribution in [0, 0.1) is 0 Å². The third-order valence-electron chi connectivity index (χ3n) is 3.54. The van der Waals surface area contributed by atoms with Gasteiger partial charge in [-0.15, -0.1) is 0 Å². The average Bonchev–Trinajstić information content (AvgIpc) is 2.69. The number of benzene rings is 2. The number of hydrogen-bond donors (Lipinski definition) is 2. The Morgan fingerprint density at radius 1 is 0.741 bits per heavy atom. The lowest BCUT2D eigenvalue weighted by atomic mass is 10.0. The number of hydrogen-bond acceptors (Lipinski definition) is 6. The molecule has 0 atom stereocenters. The Balaban J connectivity index is 1.87. The van der Waals surface area contributed by atoms with E-state index >= 15 is 0 Å². The Bertz CT molecular complexity index is 787. The first-order valence-electron chi connectivity index (χ1n) is 8.03. The highest BCUT2D eigenvalue weighted by molar-refractivity contribution is 5.86. The topological polar surface area (TPSA) is 103 Å². The van der Waals surface area contributed by atoms with Crippen molar-refractivity contribution in [2.75, 3.05) is 31.5 Å². The molecule has 0 saturated carbocycles. The molecule has 2 N–H and O–H groups in total. The minimum Gasteiger partial charge on any atom is -0.466 e. The van der Waals surface area contributed by atoms with Gasteiger partial charge in [0.15, 0.2) is 6.61 Å².